The summed E-state index contributed by atoms with van der Waals surface area (Å²) in [5, 5.41) is 8.95. The number of carbonyl (C=O) groups excluding carboxylic acids is 1. The second-order valence-corrected chi connectivity index (χ2v) is 5.60. The molecular weight excluding hydrogens is 335 g/mol. The van der Waals surface area contributed by atoms with Crippen molar-refractivity contribution < 1.29 is 45.2 Å². The van der Waals surface area contributed by atoms with E-state index in [-0.39, 0.29) is 13.2 Å². The van der Waals surface area contributed by atoms with Crippen LogP contribution in [0, 0.1) is 0 Å². The van der Waals surface area contributed by atoms with Crippen molar-refractivity contribution in [2.24, 2.45) is 0 Å². The third-order valence-corrected chi connectivity index (χ3v) is 3.56. The van der Waals surface area contributed by atoms with Crippen LogP contribution in [0.25, 0.3) is 0 Å². The number of ether oxygens (including phenoxy) is 1. The van der Waals surface area contributed by atoms with Crippen LogP contribution in [0.15, 0.2) is 11.3 Å². The van der Waals surface area contributed by atoms with Crippen LogP contribution in [0.1, 0.15) is 13.3 Å². The molecule has 0 aliphatic carbocycles. The molecule has 1 aliphatic rings. The molecular formula is C10H12F3NO7S. The molecule has 12 heteroatoms. The molecule has 0 bridgehead atoms. The van der Waals surface area contributed by atoms with Gasteiger partial charge in [-0.15, -0.1) is 0 Å². The quantitative estimate of drug-likeness (QED) is 0.598. The number of hydrogen-bond donors (Lipinski definition) is 1. The molecule has 0 aromatic carbocycles. The van der Waals surface area contributed by atoms with E-state index in [9.17, 15) is 31.2 Å². The Balaban J connectivity index is 3.05. The number of carbonyl (C=O) groups is 2. The number of halogens is 3. The normalized spacial score (nSPS) is 16.5. The van der Waals surface area contributed by atoms with Crippen LogP contribution in [0.4, 0.5) is 18.0 Å². The van der Waals surface area contributed by atoms with Gasteiger partial charge in [0.05, 0.1) is 18.7 Å². The van der Waals surface area contributed by atoms with Crippen molar-refractivity contribution >= 4 is 22.2 Å². The van der Waals surface area contributed by atoms with Gasteiger partial charge in [-0.05, 0) is 6.92 Å². The molecule has 0 unspecified atom stereocenters. The Morgan fingerprint density at radius 3 is 2.41 bits per heavy atom. The Labute approximate surface area is 123 Å². The van der Waals surface area contributed by atoms with E-state index < -0.39 is 52.0 Å². The van der Waals surface area contributed by atoms with Crippen LogP contribution in [0.2, 0.25) is 0 Å². The lowest BCUT2D eigenvalue weighted by Gasteiger charge is -2.28. The Morgan fingerprint density at radius 1 is 1.36 bits per heavy atom. The summed E-state index contributed by atoms with van der Waals surface area (Å²) in [4.78, 5) is 23.4. The zero-order valence-corrected chi connectivity index (χ0v) is 12.0. The van der Waals surface area contributed by atoms with Gasteiger partial charge in [-0.3, -0.25) is 0 Å². The summed E-state index contributed by atoms with van der Waals surface area (Å²) in [7, 11) is -5.97. The molecule has 0 saturated carbocycles. The van der Waals surface area contributed by atoms with Crippen LogP contribution >= 0.6 is 0 Å². The van der Waals surface area contributed by atoms with Gasteiger partial charge in [-0.1, -0.05) is 0 Å². The first-order chi connectivity index (χ1) is 9.99. The fourth-order valence-electron chi connectivity index (χ4n) is 1.57. The lowest BCUT2D eigenvalue weighted by atomic mass is 10.1. The van der Waals surface area contributed by atoms with Crippen molar-refractivity contribution in [1.82, 2.24) is 4.90 Å². The number of nitrogens with zero attached hydrogens (tertiary/aromatic N) is 1. The van der Waals surface area contributed by atoms with E-state index in [0.717, 1.165) is 4.90 Å². The first kappa shape index (κ1) is 18.1. The smallest absolute Gasteiger partial charge is 0.478 e. The second-order valence-electron chi connectivity index (χ2n) is 4.06. The molecule has 0 radical (unpaired) electrons. The van der Waals surface area contributed by atoms with Gasteiger partial charge >= 0.3 is 27.7 Å². The second kappa shape index (κ2) is 6.42. The molecule has 1 N–H and O–H groups in total. The maximum atomic E-state index is 12.3. The number of carboxylic acid groups (broad SMARTS) is 1. The highest BCUT2D eigenvalue weighted by molar-refractivity contribution is 7.87. The summed E-state index contributed by atoms with van der Waals surface area (Å²) in [6.45, 7) is 0.669. The van der Waals surface area contributed by atoms with Crippen molar-refractivity contribution in [3.05, 3.63) is 11.3 Å². The minimum absolute atomic E-state index is 0.0211. The average Bonchev–Trinajstić information content (AvgIpc) is 2.37. The maximum absolute atomic E-state index is 12.3. The van der Waals surface area contributed by atoms with E-state index >= 15 is 0 Å². The van der Waals surface area contributed by atoms with Crippen LogP contribution in [0.5, 0.6) is 0 Å². The summed E-state index contributed by atoms with van der Waals surface area (Å²) in [5.41, 5.74) is -6.44. The molecule has 22 heavy (non-hydrogen) atoms. The van der Waals surface area contributed by atoms with Crippen molar-refractivity contribution in [2.45, 2.75) is 18.9 Å². The van der Waals surface area contributed by atoms with E-state index in [2.05, 4.69) is 8.92 Å². The third-order valence-electron chi connectivity index (χ3n) is 2.57. The largest absolute Gasteiger partial charge is 0.534 e. The van der Waals surface area contributed by atoms with Gasteiger partial charge in [-0.25, -0.2) is 9.59 Å². The Hall–Kier alpha value is -1.98. The number of carboxylic acids is 1. The highest BCUT2D eigenvalue weighted by atomic mass is 32.2. The SMILES string of the molecule is CCOC(=O)N1CCC(OS(=O)(=O)C(F)(F)F)=C(C(=O)O)C1. The van der Waals surface area contributed by atoms with Crippen molar-refractivity contribution in [1.29, 1.82) is 0 Å². The van der Waals surface area contributed by atoms with Crippen LogP contribution in [-0.2, 0) is 23.8 Å². The first-order valence-electron chi connectivity index (χ1n) is 5.87. The lowest BCUT2D eigenvalue weighted by molar-refractivity contribution is -0.133. The summed E-state index contributed by atoms with van der Waals surface area (Å²) in [6.07, 6.45) is -1.37. The molecule has 126 valence electrons. The van der Waals surface area contributed by atoms with E-state index in [0.29, 0.717) is 0 Å². The zero-order valence-electron chi connectivity index (χ0n) is 11.2. The molecule has 0 aromatic heterocycles. The topological polar surface area (TPSA) is 110 Å². The summed E-state index contributed by atoms with van der Waals surface area (Å²) in [5.74, 6) is -2.55. The summed E-state index contributed by atoms with van der Waals surface area (Å²) < 4.78 is 67.1. The minimum Gasteiger partial charge on any atom is -0.478 e. The van der Waals surface area contributed by atoms with Crippen molar-refractivity contribution in [3.8, 4) is 0 Å². The number of rotatable bonds is 4. The Morgan fingerprint density at radius 2 is 1.95 bits per heavy atom. The molecule has 0 aromatic rings. The monoisotopic (exact) mass is 347 g/mol. The predicted octanol–water partition coefficient (Wildman–Crippen LogP) is 1.05. The first-order valence-corrected chi connectivity index (χ1v) is 7.28. The number of hydrogen-bond acceptors (Lipinski definition) is 6. The lowest BCUT2D eigenvalue weighted by Crippen LogP contribution is -2.40. The van der Waals surface area contributed by atoms with Gasteiger partial charge in [0.1, 0.15) is 5.76 Å². The predicted molar refractivity (Wildman–Crippen MR) is 63.9 cm³/mol. The fraction of sp³-hybridized carbons (Fsp3) is 0.600. The van der Waals surface area contributed by atoms with Gasteiger partial charge in [0.15, 0.2) is 0 Å². The molecule has 1 heterocycles. The van der Waals surface area contributed by atoms with Gasteiger partial charge in [0, 0.05) is 13.0 Å². The van der Waals surface area contributed by atoms with Crippen molar-refractivity contribution in [2.75, 3.05) is 19.7 Å². The van der Waals surface area contributed by atoms with Crippen molar-refractivity contribution in [3.63, 3.8) is 0 Å². The van der Waals surface area contributed by atoms with Crippen LogP contribution in [-0.4, -0.2) is 55.7 Å². The summed E-state index contributed by atoms with van der Waals surface area (Å²) in [6, 6.07) is 0. The summed E-state index contributed by atoms with van der Waals surface area (Å²) >= 11 is 0. The third kappa shape index (κ3) is 4.02. The number of alkyl halides is 3. The Bertz CT molecular complexity index is 596. The molecule has 1 amide bonds. The maximum Gasteiger partial charge on any atom is 0.534 e. The van der Waals surface area contributed by atoms with E-state index in [1.165, 1.54) is 6.92 Å². The van der Waals surface area contributed by atoms with Gasteiger partial charge in [-0.2, -0.15) is 21.6 Å². The van der Waals surface area contributed by atoms with Gasteiger partial charge in [0.25, 0.3) is 0 Å². The fourth-order valence-corrected chi connectivity index (χ4v) is 2.12. The molecule has 1 aliphatic heterocycles. The van der Waals surface area contributed by atoms with E-state index in [1.54, 1.807) is 0 Å². The van der Waals surface area contributed by atoms with E-state index in [1.807, 2.05) is 0 Å². The standard InChI is InChI=1S/C10H12F3NO7S/c1-2-20-9(17)14-4-3-7(6(5-14)8(15)16)21-22(18,19)10(11,12)13/h2-5H2,1H3,(H,15,16). The Kier molecular flexibility index (Phi) is 5.27. The molecule has 0 saturated heterocycles. The number of amides is 1. The molecule has 0 atom stereocenters. The van der Waals surface area contributed by atoms with Crippen LogP contribution < -0.4 is 0 Å². The van der Waals surface area contributed by atoms with Crippen LogP contribution in [0.3, 0.4) is 0 Å². The molecule has 8 nitrogen and oxygen atoms in total. The van der Waals surface area contributed by atoms with Gasteiger partial charge in [0.2, 0.25) is 0 Å². The zero-order chi connectivity index (χ0) is 17.1. The average molecular weight is 347 g/mol. The number of aliphatic carboxylic acids is 1. The minimum atomic E-state index is -5.97. The molecule has 0 spiro atoms. The molecule has 0 fully saturated rings. The van der Waals surface area contributed by atoms with E-state index in [4.69, 9.17) is 5.11 Å². The molecule has 1 rings (SSSR count). The highest BCUT2D eigenvalue weighted by Gasteiger charge is 2.49. The highest BCUT2D eigenvalue weighted by Crippen LogP contribution is 2.30. The van der Waals surface area contributed by atoms with Gasteiger partial charge < -0.3 is 18.9 Å².